The molecule has 9 heterocycles. The third kappa shape index (κ3) is 11.1. The molecule has 16 aromatic carbocycles. The first-order valence-corrected chi connectivity index (χ1v) is 39.0. The average molecular weight is 1580 g/mol. The molecule has 558 valence electrons. The van der Waals surface area contributed by atoms with Gasteiger partial charge in [0, 0.05) is 86.4 Å². The van der Waals surface area contributed by atoms with Gasteiger partial charge in [-0.1, -0.05) is 201 Å². The second kappa shape index (κ2) is 28.1. The average Bonchev–Trinajstić information content (AvgIpc) is 1.53. The Morgan fingerprint density at radius 1 is 0.228 bits per heavy atom. The van der Waals surface area contributed by atoms with Gasteiger partial charge in [0.2, 0.25) is 0 Å². The molecule has 24 heteroatoms. The molecule has 0 saturated heterocycles. The highest BCUT2D eigenvalue weighted by atomic mass is 32.1. The third-order valence-corrected chi connectivity index (χ3v) is 23.4. The minimum absolute atomic E-state index is 0.00700. The first kappa shape index (κ1) is 70.9. The molecule has 0 aliphatic carbocycles. The van der Waals surface area contributed by atoms with E-state index in [-0.39, 0.29) is 45.7 Å². The standard InChI is InChI=1S/C28H12N4S.C25H11N5.C24H10N6.C22H8N8/c1-30-28-22(14-29)31-26-18-11-10-15-6-2-3-7-16(15)25(18)20-13-24-19(12-21(20)27(26)32-28)17-8-4-5-9-23(17)33-24;26-12-20-21(13-27)30-25-23(29-20)17-10-9-14-5-1-3-7-16(14)22(17)18-11-15-6-2-4-8-19(15)28-24(18)25;25-11-18-19(12-26)30-23-21(29-18)15-10-9-13-5-1-2-6-14(13)20(15)22-24(23)28-17-8-4-3-7-16(17)27-22;23-9-14-15(10-24)28-19-17(27-14)13-6-5-11-3-1-2-4-12(11)16(13)18-20(19)30-22-21(29-18)25-7-8-26-22/h2-13H;1-11H;1-10H;1-8H. The van der Waals surface area contributed by atoms with Crippen LogP contribution >= 0.6 is 11.3 Å². The van der Waals surface area contributed by atoms with Crippen LogP contribution in [0.2, 0.25) is 0 Å². The van der Waals surface area contributed by atoms with E-state index in [0.717, 1.165) is 124 Å². The van der Waals surface area contributed by atoms with E-state index in [1.165, 1.54) is 20.2 Å². The smallest absolute Gasteiger partial charge is 0.307 e. The Hall–Kier alpha value is -18.7. The lowest BCUT2D eigenvalue weighted by Crippen LogP contribution is -2.00. The van der Waals surface area contributed by atoms with Gasteiger partial charge in [-0.3, -0.25) is 0 Å². The van der Waals surface area contributed by atoms with Crippen LogP contribution in [0, 0.1) is 85.9 Å². The molecule has 123 heavy (non-hydrogen) atoms. The van der Waals surface area contributed by atoms with E-state index in [1.807, 2.05) is 194 Å². The van der Waals surface area contributed by atoms with Crippen molar-refractivity contribution in [3.63, 3.8) is 0 Å². The fourth-order valence-corrected chi connectivity index (χ4v) is 18.0. The summed E-state index contributed by atoms with van der Waals surface area (Å²) in [5.41, 5.74) is 10.6. The number of hydrogen-bond donors (Lipinski definition) is 0. The molecule has 25 aromatic rings. The van der Waals surface area contributed by atoms with Crippen LogP contribution in [-0.2, 0) is 0 Å². The van der Waals surface area contributed by atoms with Gasteiger partial charge in [0.15, 0.2) is 56.7 Å². The number of nitrogens with zero attached hydrogens (tertiary/aromatic N) is 23. The molecule has 0 spiro atoms. The van der Waals surface area contributed by atoms with Crippen molar-refractivity contribution in [2.24, 2.45) is 0 Å². The number of nitriles is 7. The maximum absolute atomic E-state index is 9.60. The molecule has 0 amide bonds. The van der Waals surface area contributed by atoms with E-state index in [1.54, 1.807) is 23.7 Å². The maximum atomic E-state index is 9.60. The molecule has 0 aliphatic rings. The highest BCUT2D eigenvalue weighted by molar-refractivity contribution is 7.25. The first-order valence-electron chi connectivity index (χ1n) is 38.2. The minimum atomic E-state index is -0.0486. The molecule has 0 saturated carbocycles. The summed E-state index contributed by atoms with van der Waals surface area (Å²) in [5, 5.41) is 88.7. The molecule has 0 unspecified atom stereocenters. The Bertz CT molecular complexity index is 8840. The second-order valence-corrected chi connectivity index (χ2v) is 29.9. The number of para-hydroxylation sites is 3. The van der Waals surface area contributed by atoms with Crippen molar-refractivity contribution in [3.8, 4) is 42.5 Å². The molecule has 0 N–H and O–H groups in total. The van der Waals surface area contributed by atoms with Gasteiger partial charge in [-0.2, -0.15) is 36.8 Å². The molecule has 0 fully saturated rings. The number of fused-ring (bicyclic) bond motifs is 38. The van der Waals surface area contributed by atoms with Gasteiger partial charge in [0.05, 0.1) is 22.1 Å². The number of rotatable bonds is 0. The summed E-state index contributed by atoms with van der Waals surface area (Å²) in [5.74, 6) is 0.0433. The molecule has 0 atom stereocenters. The Morgan fingerprint density at radius 3 is 1.05 bits per heavy atom. The van der Waals surface area contributed by atoms with Crippen molar-refractivity contribution in [1.82, 2.24) is 74.8 Å². The Kier molecular flexibility index (Phi) is 16.2. The number of aromatic nitrogens is 15. The largest absolute Gasteiger partial charge is 0.358 e. The van der Waals surface area contributed by atoms with E-state index in [0.29, 0.717) is 83.0 Å². The maximum Gasteiger partial charge on any atom is 0.307 e. The summed E-state index contributed by atoms with van der Waals surface area (Å²) in [4.78, 5) is 72.4. The number of thiophene rings is 1. The SMILES string of the molecule is N#Cc1nc2c3ccc4ccccc4c3c3cc4ccccc4nc3c2nc1C#N.N#Cc1nc2c3ccc4ccccc4c3c3nc4ccccc4nc3c2nc1C#N.N#Cc1nc2c3ccc4ccccc4c3c3nc4nccnc4nc3c2nc1C#N.[C-]#[N+]c1nc2c3cc4c(cc3c3c5ccccc5ccc3c2nc1C#N)sc1ccccc14. The molecule has 0 radical (unpaired) electrons. The summed E-state index contributed by atoms with van der Waals surface area (Å²) in [6.07, 6.45) is 3.11. The Labute approximate surface area is 694 Å². The van der Waals surface area contributed by atoms with E-state index < -0.39 is 0 Å². The summed E-state index contributed by atoms with van der Waals surface area (Å²) >= 11 is 1.78. The molecular formula is C99H41N23S. The Morgan fingerprint density at radius 2 is 0.561 bits per heavy atom. The minimum Gasteiger partial charge on any atom is -0.358 e. The summed E-state index contributed by atoms with van der Waals surface area (Å²) in [6.45, 7) is 7.53. The number of pyridine rings is 1. The Balaban J connectivity index is 0.0000000978. The van der Waals surface area contributed by atoms with Crippen LogP contribution in [0.25, 0.3) is 232 Å². The van der Waals surface area contributed by atoms with Gasteiger partial charge in [-0.15, -0.1) is 16.3 Å². The van der Waals surface area contributed by atoms with Gasteiger partial charge in [-0.25, -0.2) is 69.8 Å². The molecular weight excluding hydrogens is 1540 g/mol. The van der Waals surface area contributed by atoms with Gasteiger partial charge in [-0.05, 0) is 96.3 Å². The molecule has 0 bridgehead atoms. The topological polar surface area (TPSA) is 364 Å². The van der Waals surface area contributed by atoms with Gasteiger partial charge >= 0.3 is 5.82 Å². The number of hydrogen-bond acceptors (Lipinski definition) is 23. The fourth-order valence-electron chi connectivity index (χ4n) is 16.9. The van der Waals surface area contributed by atoms with Crippen molar-refractivity contribution >= 4 is 245 Å². The predicted octanol–water partition coefficient (Wildman–Crippen LogP) is 21.6. The molecule has 23 nitrogen and oxygen atoms in total. The van der Waals surface area contributed by atoms with Crippen molar-refractivity contribution in [1.29, 1.82) is 36.8 Å². The first-order chi connectivity index (χ1) is 60.6. The van der Waals surface area contributed by atoms with Crippen molar-refractivity contribution in [2.75, 3.05) is 0 Å². The van der Waals surface area contributed by atoms with Gasteiger partial charge in [0.25, 0.3) is 0 Å². The highest BCUT2D eigenvalue weighted by Gasteiger charge is 2.26. The van der Waals surface area contributed by atoms with Crippen LogP contribution in [-0.4, -0.2) is 74.8 Å². The van der Waals surface area contributed by atoms with Crippen LogP contribution in [0.5, 0.6) is 0 Å². The normalized spacial score (nSPS) is 11.3. The monoisotopic (exact) mass is 1580 g/mol. The van der Waals surface area contributed by atoms with E-state index in [4.69, 9.17) is 26.5 Å². The lowest BCUT2D eigenvalue weighted by atomic mass is 9.94. The summed E-state index contributed by atoms with van der Waals surface area (Å²) < 4.78 is 2.45. The fraction of sp³-hybridized carbons (Fsp3) is 0. The van der Waals surface area contributed by atoms with E-state index in [2.05, 4.69) is 145 Å². The van der Waals surface area contributed by atoms with Gasteiger partial charge in [0.1, 0.15) is 103 Å². The van der Waals surface area contributed by atoms with Crippen LogP contribution in [0.1, 0.15) is 39.9 Å². The zero-order valence-electron chi connectivity index (χ0n) is 63.4. The predicted molar refractivity (Wildman–Crippen MR) is 477 cm³/mol. The summed E-state index contributed by atoms with van der Waals surface area (Å²) in [7, 11) is 0. The lowest BCUT2D eigenvalue weighted by Gasteiger charge is -2.12. The lowest BCUT2D eigenvalue weighted by molar-refractivity contribution is 1.19. The molecule has 25 rings (SSSR count). The zero-order chi connectivity index (χ0) is 82.8. The zero-order valence-corrected chi connectivity index (χ0v) is 64.2. The van der Waals surface area contributed by atoms with Crippen LogP contribution in [0.15, 0.2) is 249 Å². The van der Waals surface area contributed by atoms with Crippen molar-refractivity contribution < 1.29 is 0 Å². The number of benzene rings is 16. The van der Waals surface area contributed by atoms with Crippen molar-refractivity contribution in [3.05, 3.63) is 300 Å². The molecule has 0 aliphatic heterocycles. The van der Waals surface area contributed by atoms with Crippen LogP contribution in [0.4, 0.5) is 5.82 Å². The highest BCUT2D eigenvalue weighted by Crippen LogP contribution is 2.46. The van der Waals surface area contributed by atoms with Gasteiger partial charge < -0.3 is 4.85 Å². The van der Waals surface area contributed by atoms with Crippen molar-refractivity contribution in [2.45, 2.75) is 0 Å². The molecule has 9 aromatic heterocycles. The van der Waals surface area contributed by atoms with Crippen LogP contribution < -0.4 is 0 Å². The second-order valence-electron chi connectivity index (χ2n) is 28.8. The van der Waals surface area contributed by atoms with Crippen LogP contribution in [0.3, 0.4) is 0 Å². The van der Waals surface area contributed by atoms with E-state index in [9.17, 15) is 36.8 Å². The third-order valence-electron chi connectivity index (χ3n) is 22.2. The quantitative estimate of drug-likeness (QED) is 0.0773. The van der Waals surface area contributed by atoms with E-state index >= 15 is 0 Å². The summed E-state index contributed by atoms with van der Waals surface area (Å²) in [6, 6.07) is 93.1.